The number of aliphatic hydroxyl groups is 1. The zero-order valence-corrected chi connectivity index (χ0v) is 7.20. The molecule has 0 bridgehead atoms. The standard InChI is InChI=1S/C9H16O3/c10-6-7-4-2-1-3-5-8(7)9(11)12/h7-8,10H,1-6H2,(H,11,12)/t7-,8+/m0/s1. The summed E-state index contributed by atoms with van der Waals surface area (Å²) >= 11 is 0. The highest BCUT2D eigenvalue weighted by Gasteiger charge is 2.28. The monoisotopic (exact) mass is 172 g/mol. The van der Waals surface area contributed by atoms with Crippen LogP contribution in [0.5, 0.6) is 0 Å². The van der Waals surface area contributed by atoms with Gasteiger partial charge in [-0.3, -0.25) is 4.79 Å². The average molecular weight is 172 g/mol. The summed E-state index contributed by atoms with van der Waals surface area (Å²) in [5.74, 6) is -1.06. The van der Waals surface area contributed by atoms with Crippen LogP contribution < -0.4 is 0 Å². The Morgan fingerprint density at radius 3 is 2.50 bits per heavy atom. The summed E-state index contributed by atoms with van der Waals surface area (Å²) in [7, 11) is 0. The van der Waals surface area contributed by atoms with E-state index in [-0.39, 0.29) is 18.4 Å². The molecular formula is C9H16O3. The Bertz CT molecular complexity index is 156. The molecule has 0 amide bonds. The zero-order valence-electron chi connectivity index (χ0n) is 7.20. The third-order valence-corrected chi connectivity index (χ3v) is 2.71. The number of hydrogen-bond acceptors (Lipinski definition) is 2. The molecule has 0 aromatic carbocycles. The molecule has 0 radical (unpaired) electrons. The predicted octanol–water partition coefficient (Wildman–Crippen LogP) is 1.26. The van der Waals surface area contributed by atoms with Crippen LogP contribution in [0.15, 0.2) is 0 Å². The summed E-state index contributed by atoms with van der Waals surface area (Å²) in [5.41, 5.74) is 0. The van der Waals surface area contributed by atoms with E-state index in [1.54, 1.807) is 0 Å². The van der Waals surface area contributed by atoms with Crippen LogP contribution in [-0.2, 0) is 4.79 Å². The zero-order chi connectivity index (χ0) is 8.97. The van der Waals surface area contributed by atoms with E-state index in [9.17, 15) is 4.79 Å². The Labute approximate surface area is 72.4 Å². The van der Waals surface area contributed by atoms with Crippen molar-refractivity contribution in [1.29, 1.82) is 0 Å². The first kappa shape index (κ1) is 9.52. The minimum Gasteiger partial charge on any atom is -0.481 e. The fourth-order valence-corrected chi connectivity index (χ4v) is 1.93. The molecule has 1 aliphatic rings. The molecule has 2 atom stereocenters. The van der Waals surface area contributed by atoms with Crippen LogP contribution in [0.1, 0.15) is 32.1 Å². The minimum atomic E-state index is -0.740. The highest BCUT2D eigenvalue weighted by Crippen LogP contribution is 2.28. The van der Waals surface area contributed by atoms with Gasteiger partial charge in [-0.15, -0.1) is 0 Å². The van der Waals surface area contributed by atoms with Crippen LogP contribution in [0, 0.1) is 11.8 Å². The van der Waals surface area contributed by atoms with E-state index in [1.807, 2.05) is 0 Å². The number of carboxylic acids is 1. The molecule has 12 heavy (non-hydrogen) atoms. The first-order chi connectivity index (χ1) is 5.75. The maximum absolute atomic E-state index is 10.8. The van der Waals surface area contributed by atoms with Crippen LogP contribution in [0.25, 0.3) is 0 Å². The minimum absolute atomic E-state index is 0.00926. The second-order valence-electron chi connectivity index (χ2n) is 3.53. The van der Waals surface area contributed by atoms with E-state index in [0.29, 0.717) is 0 Å². The first-order valence-electron chi connectivity index (χ1n) is 4.59. The molecule has 0 aliphatic heterocycles. The summed E-state index contributed by atoms with van der Waals surface area (Å²) in [4.78, 5) is 10.8. The van der Waals surface area contributed by atoms with Gasteiger partial charge in [0.15, 0.2) is 0 Å². The topological polar surface area (TPSA) is 57.5 Å². The molecule has 0 unspecified atom stereocenters. The summed E-state index contributed by atoms with van der Waals surface area (Å²) in [6, 6.07) is 0. The van der Waals surface area contributed by atoms with Gasteiger partial charge < -0.3 is 10.2 Å². The van der Waals surface area contributed by atoms with Gasteiger partial charge in [-0.25, -0.2) is 0 Å². The van der Waals surface area contributed by atoms with Gasteiger partial charge in [-0.05, 0) is 18.8 Å². The average Bonchev–Trinajstić information content (AvgIpc) is 2.27. The third kappa shape index (κ3) is 2.21. The Morgan fingerprint density at radius 1 is 1.25 bits per heavy atom. The van der Waals surface area contributed by atoms with Crippen LogP contribution in [0.4, 0.5) is 0 Å². The quantitative estimate of drug-likeness (QED) is 0.616. The lowest BCUT2D eigenvalue weighted by atomic mass is 9.89. The van der Waals surface area contributed by atoms with Gasteiger partial charge in [0.1, 0.15) is 0 Å². The smallest absolute Gasteiger partial charge is 0.306 e. The predicted molar refractivity (Wildman–Crippen MR) is 44.8 cm³/mol. The van der Waals surface area contributed by atoms with Crippen molar-refractivity contribution < 1.29 is 15.0 Å². The normalized spacial score (nSPS) is 31.1. The summed E-state index contributed by atoms with van der Waals surface area (Å²) in [5, 5.41) is 17.8. The van der Waals surface area contributed by atoms with Crippen molar-refractivity contribution in [1.82, 2.24) is 0 Å². The van der Waals surface area contributed by atoms with Gasteiger partial charge in [-0.1, -0.05) is 19.3 Å². The highest BCUT2D eigenvalue weighted by atomic mass is 16.4. The van der Waals surface area contributed by atoms with Gasteiger partial charge in [0, 0.05) is 6.61 Å². The van der Waals surface area contributed by atoms with Crippen molar-refractivity contribution in [3.63, 3.8) is 0 Å². The molecule has 0 saturated heterocycles. The largest absolute Gasteiger partial charge is 0.481 e. The van der Waals surface area contributed by atoms with Gasteiger partial charge in [0.2, 0.25) is 0 Å². The summed E-state index contributed by atoms with van der Waals surface area (Å²) in [6.07, 6.45) is 4.77. The van der Waals surface area contributed by atoms with E-state index < -0.39 is 5.97 Å². The van der Waals surface area contributed by atoms with Crippen molar-refractivity contribution in [2.24, 2.45) is 11.8 Å². The summed E-state index contributed by atoms with van der Waals surface area (Å²) < 4.78 is 0. The van der Waals surface area contributed by atoms with E-state index in [0.717, 1.165) is 32.1 Å². The molecule has 1 rings (SSSR count). The Balaban J connectivity index is 2.57. The molecule has 0 aromatic heterocycles. The molecule has 0 heterocycles. The van der Waals surface area contributed by atoms with Crippen LogP contribution in [0.2, 0.25) is 0 Å². The Kier molecular flexibility index (Phi) is 3.53. The number of carboxylic acid groups (broad SMARTS) is 1. The van der Waals surface area contributed by atoms with Gasteiger partial charge >= 0.3 is 5.97 Å². The molecular weight excluding hydrogens is 156 g/mol. The molecule has 0 aromatic rings. The molecule has 3 heteroatoms. The fourth-order valence-electron chi connectivity index (χ4n) is 1.93. The third-order valence-electron chi connectivity index (χ3n) is 2.71. The van der Waals surface area contributed by atoms with Crippen LogP contribution in [0.3, 0.4) is 0 Å². The second-order valence-corrected chi connectivity index (χ2v) is 3.53. The molecule has 2 N–H and O–H groups in total. The van der Waals surface area contributed by atoms with E-state index >= 15 is 0 Å². The fraction of sp³-hybridized carbons (Fsp3) is 0.889. The van der Waals surface area contributed by atoms with E-state index in [2.05, 4.69) is 0 Å². The van der Waals surface area contributed by atoms with Gasteiger partial charge in [-0.2, -0.15) is 0 Å². The van der Waals surface area contributed by atoms with Gasteiger partial charge in [0.05, 0.1) is 5.92 Å². The van der Waals surface area contributed by atoms with Crippen LogP contribution >= 0.6 is 0 Å². The molecule has 3 nitrogen and oxygen atoms in total. The lowest BCUT2D eigenvalue weighted by Crippen LogP contribution is -2.25. The van der Waals surface area contributed by atoms with Gasteiger partial charge in [0.25, 0.3) is 0 Å². The van der Waals surface area contributed by atoms with E-state index in [1.165, 1.54) is 0 Å². The lowest BCUT2D eigenvalue weighted by Gasteiger charge is -2.18. The van der Waals surface area contributed by atoms with Crippen molar-refractivity contribution in [2.45, 2.75) is 32.1 Å². The van der Waals surface area contributed by atoms with Crippen molar-refractivity contribution in [3.05, 3.63) is 0 Å². The van der Waals surface area contributed by atoms with Crippen molar-refractivity contribution in [2.75, 3.05) is 6.61 Å². The number of aliphatic carboxylic acids is 1. The highest BCUT2D eigenvalue weighted by molar-refractivity contribution is 5.70. The van der Waals surface area contributed by atoms with Crippen LogP contribution in [-0.4, -0.2) is 22.8 Å². The number of aliphatic hydroxyl groups excluding tert-OH is 1. The molecule has 0 spiro atoms. The number of rotatable bonds is 2. The SMILES string of the molecule is O=C(O)[C@@H]1CCCCC[C@H]1CO. The number of hydrogen-bond donors (Lipinski definition) is 2. The molecule has 1 aliphatic carbocycles. The maximum Gasteiger partial charge on any atom is 0.306 e. The second kappa shape index (κ2) is 4.45. The first-order valence-corrected chi connectivity index (χ1v) is 4.59. The summed E-state index contributed by atoms with van der Waals surface area (Å²) in [6.45, 7) is 0.0248. The number of carbonyl (C=O) groups is 1. The molecule has 1 fully saturated rings. The Morgan fingerprint density at radius 2 is 1.92 bits per heavy atom. The van der Waals surface area contributed by atoms with Crippen molar-refractivity contribution in [3.8, 4) is 0 Å². The van der Waals surface area contributed by atoms with E-state index in [4.69, 9.17) is 10.2 Å². The molecule has 70 valence electrons. The lowest BCUT2D eigenvalue weighted by molar-refractivity contribution is -0.144. The molecule has 1 saturated carbocycles. The maximum atomic E-state index is 10.8. The Hall–Kier alpha value is -0.570. The van der Waals surface area contributed by atoms with Crippen molar-refractivity contribution >= 4 is 5.97 Å².